The smallest absolute Gasteiger partial charge is 0.387 e. The fraction of sp³-hybridized carbons (Fsp3) is 0.300. The quantitative estimate of drug-likeness (QED) is 0.757. The highest BCUT2D eigenvalue weighted by Crippen LogP contribution is 2.35. The number of hydrogen-bond acceptors (Lipinski definition) is 3. The highest BCUT2D eigenvalue weighted by Gasteiger charge is 2.14. The fourth-order valence-corrected chi connectivity index (χ4v) is 1.95. The van der Waals surface area contributed by atoms with Gasteiger partial charge in [0.05, 0.1) is 18.0 Å². The SMILES string of the molecule is COC(=O)Cc1cc(Br)c(Br)c(OC(F)F)c1. The number of hydrogen-bond donors (Lipinski definition) is 0. The largest absolute Gasteiger partial charge is 0.469 e. The summed E-state index contributed by atoms with van der Waals surface area (Å²) in [6.07, 6.45) is -0.0119. The van der Waals surface area contributed by atoms with E-state index in [0.717, 1.165) is 0 Å². The summed E-state index contributed by atoms with van der Waals surface area (Å²) in [5.41, 5.74) is 0.516. The molecule has 0 unspecified atom stereocenters. The third kappa shape index (κ3) is 4.23. The van der Waals surface area contributed by atoms with Crippen LogP contribution in [0, 0.1) is 0 Å². The summed E-state index contributed by atoms with van der Waals surface area (Å²) in [5.74, 6) is -0.490. The molecule has 0 saturated heterocycles. The molecule has 0 atom stereocenters. The zero-order chi connectivity index (χ0) is 13.0. The molecule has 17 heavy (non-hydrogen) atoms. The number of methoxy groups -OCH3 is 1. The summed E-state index contributed by atoms with van der Waals surface area (Å²) < 4.78 is 34.0. The van der Waals surface area contributed by atoms with Crippen molar-refractivity contribution >= 4 is 37.8 Å². The predicted octanol–water partition coefficient (Wildman–Crippen LogP) is 3.53. The lowest BCUT2D eigenvalue weighted by atomic mass is 10.1. The Morgan fingerprint density at radius 1 is 1.41 bits per heavy atom. The van der Waals surface area contributed by atoms with Crippen LogP contribution in [0.3, 0.4) is 0 Å². The van der Waals surface area contributed by atoms with Crippen molar-refractivity contribution in [1.29, 1.82) is 0 Å². The molecule has 0 fully saturated rings. The normalized spacial score (nSPS) is 10.5. The molecule has 0 aromatic heterocycles. The van der Waals surface area contributed by atoms with E-state index in [9.17, 15) is 13.6 Å². The van der Waals surface area contributed by atoms with E-state index in [2.05, 4.69) is 41.3 Å². The first-order valence-electron chi connectivity index (χ1n) is 4.43. The monoisotopic (exact) mass is 372 g/mol. The van der Waals surface area contributed by atoms with Gasteiger partial charge < -0.3 is 9.47 Å². The summed E-state index contributed by atoms with van der Waals surface area (Å²) in [5, 5.41) is 0. The van der Waals surface area contributed by atoms with E-state index in [1.54, 1.807) is 6.07 Å². The molecular weight excluding hydrogens is 366 g/mol. The molecule has 94 valence electrons. The van der Waals surface area contributed by atoms with Gasteiger partial charge in [-0.1, -0.05) is 0 Å². The van der Waals surface area contributed by atoms with E-state index in [1.807, 2.05) is 0 Å². The van der Waals surface area contributed by atoms with Crippen LogP contribution < -0.4 is 4.74 Å². The van der Waals surface area contributed by atoms with Gasteiger partial charge in [0, 0.05) is 4.47 Å². The first-order valence-corrected chi connectivity index (χ1v) is 6.02. The maximum absolute atomic E-state index is 12.1. The Bertz CT molecular complexity index is 424. The van der Waals surface area contributed by atoms with Crippen molar-refractivity contribution in [2.75, 3.05) is 7.11 Å². The highest BCUT2D eigenvalue weighted by atomic mass is 79.9. The molecule has 1 aromatic rings. The number of esters is 1. The molecule has 3 nitrogen and oxygen atoms in total. The first-order chi connectivity index (χ1) is 7.93. The molecule has 0 aliphatic carbocycles. The summed E-state index contributed by atoms with van der Waals surface area (Å²) in [6.45, 7) is -2.92. The fourth-order valence-electron chi connectivity index (χ4n) is 1.14. The number of carbonyl (C=O) groups is 1. The second-order valence-electron chi connectivity index (χ2n) is 3.02. The Kier molecular flexibility index (Phi) is 5.32. The minimum Gasteiger partial charge on any atom is -0.469 e. The first kappa shape index (κ1) is 14.4. The summed E-state index contributed by atoms with van der Waals surface area (Å²) >= 11 is 6.28. The average molecular weight is 374 g/mol. The van der Waals surface area contributed by atoms with E-state index in [0.29, 0.717) is 14.5 Å². The van der Waals surface area contributed by atoms with Gasteiger partial charge in [-0.2, -0.15) is 8.78 Å². The Balaban J connectivity index is 3.01. The Morgan fingerprint density at radius 2 is 2.06 bits per heavy atom. The molecule has 0 spiro atoms. The summed E-state index contributed by atoms with van der Waals surface area (Å²) in [4.78, 5) is 11.1. The van der Waals surface area contributed by atoms with Crippen LogP contribution in [-0.4, -0.2) is 19.7 Å². The molecule has 0 aliphatic heterocycles. The number of carbonyl (C=O) groups excluding carboxylic acids is 1. The minimum atomic E-state index is -2.92. The summed E-state index contributed by atoms with van der Waals surface area (Å²) in [7, 11) is 1.26. The lowest BCUT2D eigenvalue weighted by molar-refractivity contribution is -0.139. The molecule has 0 amide bonds. The Labute approximate surface area is 113 Å². The van der Waals surface area contributed by atoms with Crippen molar-refractivity contribution in [1.82, 2.24) is 0 Å². The van der Waals surface area contributed by atoms with Crippen LogP contribution in [0.25, 0.3) is 0 Å². The van der Waals surface area contributed by atoms with Gasteiger partial charge in [0.15, 0.2) is 0 Å². The third-order valence-corrected chi connectivity index (χ3v) is 3.82. The van der Waals surface area contributed by atoms with Gasteiger partial charge in [-0.15, -0.1) is 0 Å². The predicted molar refractivity (Wildman–Crippen MR) is 64.2 cm³/mol. The number of rotatable bonds is 4. The zero-order valence-electron chi connectivity index (χ0n) is 8.68. The van der Waals surface area contributed by atoms with Crippen molar-refractivity contribution in [2.24, 2.45) is 0 Å². The maximum atomic E-state index is 12.1. The van der Waals surface area contributed by atoms with Gasteiger partial charge in [0.1, 0.15) is 5.75 Å². The van der Waals surface area contributed by atoms with Crippen LogP contribution in [0.2, 0.25) is 0 Å². The molecule has 0 bridgehead atoms. The molecule has 0 saturated carbocycles. The highest BCUT2D eigenvalue weighted by molar-refractivity contribution is 9.13. The minimum absolute atomic E-state index is 0.0119. The zero-order valence-corrected chi connectivity index (χ0v) is 11.8. The lowest BCUT2D eigenvalue weighted by Gasteiger charge is -2.10. The van der Waals surface area contributed by atoms with Gasteiger partial charge in [-0.05, 0) is 49.6 Å². The molecule has 0 N–H and O–H groups in total. The van der Waals surface area contributed by atoms with E-state index < -0.39 is 12.6 Å². The molecule has 0 heterocycles. The standard InChI is InChI=1S/C10H8Br2F2O3/c1-16-8(15)4-5-2-6(11)9(12)7(3-5)17-10(13)14/h2-3,10H,4H2,1H3. The second kappa shape index (κ2) is 6.30. The van der Waals surface area contributed by atoms with Gasteiger partial charge in [0.25, 0.3) is 0 Å². The molecule has 0 radical (unpaired) electrons. The number of alkyl halides is 2. The van der Waals surface area contributed by atoms with Gasteiger partial charge >= 0.3 is 12.6 Å². The Hall–Kier alpha value is -0.690. The second-order valence-corrected chi connectivity index (χ2v) is 4.67. The van der Waals surface area contributed by atoms with Crippen LogP contribution in [-0.2, 0) is 16.0 Å². The van der Waals surface area contributed by atoms with E-state index in [-0.39, 0.29) is 12.2 Å². The van der Waals surface area contributed by atoms with Crippen LogP contribution in [0.4, 0.5) is 8.78 Å². The molecule has 0 aliphatic rings. The number of halogens is 4. The topological polar surface area (TPSA) is 35.5 Å². The maximum Gasteiger partial charge on any atom is 0.387 e. The van der Waals surface area contributed by atoms with Gasteiger partial charge in [0.2, 0.25) is 0 Å². The van der Waals surface area contributed by atoms with Crippen molar-refractivity contribution in [3.05, 3.63) is 26.6 Å². The van der Waals surface area contributed by atoms with E-state index >= 15 is 0 Å². The molecule has 7 heteroatoms. The van der Waals surface area contributed by atoms with Crippen molar-refractivity contribution < 1.29 is 23.0 Å². The Morgan fingerprint density at radius 3 is 2.59 bits per heavy atom. The van der Waals surface area contributed by atoms with Crippen LogP contribution in [0.1, 0.15) is 5.56 Å². The third-order valence-electron chi connectivity index (χ3n) is 1.85. The van der Waals surface area contributed by atoms with Crippen LogP contribution in [0.15, 0.2) is 21.1 Å². The van der Waals surface area contributed by atoms with Crippen LogP contribution in [0.5, 0.6) is 5.75 Å². The molecule has 1 rings (SSSR count). The number of ether oxygens (including phenoxy) is 2. The van der Waals surface area contributed by atoms with Gasteiger partial charge in [-0.3, -0.25) is 4.79 Å². The molecule has 1 aromatic carbocycles. The van der Waals surface area contributed by atoms with Crippen molar-refractivity contribution in [3.63, 3.8) is 0 Å². The van der Waals surface area contributed by atoms with E-state index in [1.165, 1.54) is 13.2 Å². The summed E-state index contributed by atoms with van der Waals surface area (Å²) in [6, 6.07) is 2.98. The van der Waals surface area contributed by atoms with Gasteiger partial charge in [-0.25, -0.2) is 0 Å². The van der Waals surface area contributed by atoms with Crippen molar-refractivity contribution in [3.8, 4) is 5.75 Å². The number of benzene rings is 1. The lowest BCUT2D eigenvalue weighted by Crippen LogP contribution is -2.07. The van der Waals surface area contributed by atoms with E-state index in [4.69, 9.17) is 0 Å². The molecular formula is C10H8Br2F2O3. The average Bonchev–Trinajstić information content (AvgIpc) is 2.24. The van der Waals surface area contributed by atoms with Crippen molar-refractivity contribution in [2.45, 2.75) is 13.0 Å². The van der Waals surface area contributed by atoms with Crippen LogP contribution >= 0.6 is 31.9 Å².